The molecule has 2 aromatic rings. The second-order valence-electron chi connectivity index (χ2n) is 4.32. The van der Waals surface area contributed by atoms with Crippen molar-refractivity contribution < 1.29 is 17.6 Å². The molecule has 1 nitrogen and oxygen atoms in total. The van der Waals surface area contributed by atoms with Crippen LogP contribution < -0.4 is 5.73 Å². The highest BCUT2D eigenvalue weighted by Gasteiger charge is 2.31. The molecule has 0 saturated carbocycles. The minimum absolute atomic E-state index is 0.0502. The fourth-order valence-corrected chi connectivity index (χ4v) is 1.83. The summed E-state index contributed by atoms with van der Waals surface area (Å²) in [5.74, 6) is -0.579. The highest BCUT2D eigenvalue weighted by atomic mass is 19.4. The third-order valence-corrected chi connectivity index (χ3v) is 2.72. The van der Waals surface area contributed by atoms with Crippen LogP contribution in [0.15, 0.2) is 36.4 Å². The smallest absolute Gasteiger partial charge is 0.399 e. The van der Waals surface area contributed by atoms with Crippen LogP contribution in [0.4, 0.5) is 23.2 Å². The Kier molecular flexibility index (Phi) is 3.22. The van der Waals surface area contributed by atoms with Gasteiger partial charge >= 0.3 is 6.18 Å². The first kappa shape index (κ1) is 13.4. The molecule has 100 valence electrons. The SMILES string of the molecule is Cc1ccc(F)c(-c2cc(N)cc(C(F)(F)F)c2)c1. The molecule has 0 aromatic heterocycles. The molecular formula is C14H11F4N. The molecule has 2 aromatic carbocycles. The van der Waals surface area contributed by atoms with E-state index >= 15 is 0 Å². The van der Waals surface area contributed by atoms with Crippen molar-refractivity contribution in [1.29, 1.82) is 0 Å². The van der Waals surface area contributed by atoms with Crippen molar-refractivity contribution >= 4 is 5.69 Å². The van der Waals surface area contributed by atoms with E-state index in [9.17, 15) is 17.6 Å². The average Bonchev–Trinajstić information content (AvgIpc) is 2.30. The number of nitrogens with two attached hydrogens (primary N) is 1. The van der Waals surface area contributed by atoms with Crippen LogP contribution in [0, 0.1) is 12.7 Å². The third kappa shape index (κ3) is 2.86. The monoisotopic (exact) mass is 269 g/mol. The van der Waals surface area contributed by atoms with Gasteiger partial charge in [-0.15, -0.1) is 0 Å². The summed E-state index contributed by atoms with van der Waals surface area (Å²) in [6.45, 7) is 1.74. The minimum Gasteiger partial charge on any atom is -0.399 e. The van der Waals surface area contributed by atoms with E-state index in [0.29, 0.717) is 0 Å². The zero-order valence-corrected chi connectivity index (χ0v) is 10.1. The summed E-state index contributed by atoms with van der Waals surface area (Å²) in [6, 6.07) is 7.32. The lowest BCUT2D eigenvalue weighted by Gasteiger charge is -2.11. The van der Waals surface area contributed by atoms with Gasteiger partial charge in [-0.05, 0) is 42.8 Å². The highest BCUT2D eigenvalue weighted by Crippen LogP contribution is 2.35. The number of nitrogen functional groups attached to an aromatic ring is 1. The van der Waals surface area contributed by atoms with E-state index in [4.69, 9.17) is 5.73 Å². The van der Waals surface area contributed by atoms with E-state index in [1.807, 2.05) is 0 Å². The summed E-state index contributed by atoms with van der Waals surface area (Å²) in [6.07, 6.45) is -4.51. The fraction of sp³-hybridized carbons (Fsp3) is 0.143. The molecule has 0 fully saturated rings. The first-order chi connectivity index (χ1) is 8.77. The van der Waals surface area contributed by atoms with E-state index in [1.165, 1.54) is 18.2 Å². The van der Waals surface area contributed by atoms with E-state index in [2.05, 4.69) is 0 Å². The van der Waals surface area contributed by atoms with Gasteiger partial charge in [-0.1, -0.05) is 11.6 Å². The molecule has 0 bridgehead atoms. The molecule has 0 aliphatic heterocycles. The van der Waals surface area contributed by atoms with E-state index in [-0.39, 0.29) is 16.8 Å². The van der Waals surface area contributed by atoms with Crippen molar-refractivity contribution in [2.24, 2.45) is 0 Å². The van der Waals surface area contributed by atoms with Crippen molar-refractivity contribution in [3.05, 3.63) is 53.3 Å². The predicted octanol–water partition coefficient (Wildman–Crippen LogP) is 4.40. The normalized spacial score (nSPS) is 11.6. The van der Waals surface area contributed by atoms with Gasteiger partial charge in [0.25, 0.3) is 0 Å². The van der Waals surface area contributed by atoms with Gasteiger partial charge in [-0.3, -0.25) is 0 Å². The van der Waals surface area contributed by atoms with Crippen molar-refractivity contribution in [3.8, 4) is 11.1 Å². The van der Waals surface area contributed by atoms with Crippen molar-refractivity contribution in [2.45, 2.75) is 13.1 Å². The lowest BCUT2D eigenvalue weighted by Crippen LogP contribution is -2.06. The third-order valence-electron chi connectivity index (χ3n) is 2.72. The molecule has 2 rings (SSSR count). The van der Waals surface area contributed by atoms with Crippen LogP contribution in [0.1, 0.15) is 11.1 Å². The summed E-state index contributed by atoms with van der Waals surface area (Å²) in [7, 11) is 0. The first-order valence-corrected chi connectivity index (χ1v) is 5.51. The average molecular weight is 269 g/mol. The minimum atomic E-state index is -4.51. The highest BCUT2D eigenvalue weighted by molar-refractivity contribution is 5.70. The molecule has 0 atom stereocenters. The largest absolute Gasteiger partial charge is 0.416 e. The molecule has 0 radical (unpaired) electrons. The van der Waals surface area contributed by atoms with Gasteiger partial charge in [0.15, 0.2) is 0 Å². The summed E-state index contributed by atoms with van der Waals surface area (Å²) in [5, 5.41) is 0. The summed E-state index contributed by atoms with van der Waals surface area (Å²) >= 11 is 0. The van der Waals surface area contributed by atoms with Crippen LogP contribution >= 0.6 is 0 Å². The van der Waals surface area contributed by atoms with Crippen molar-refractivity contribution in [1.82, 2.24) is 0 Å². The van der Waals surface area contributed by atoms with Crippen LogP contribution in [0.25, 0.3) is 11.1 Å². The Hall–Kier alpha value is -2.04. The van der Waals surface area contributed by atoms with Gasteiger partial charge in [-0.25, -0.2) is 4.39 Å². The van der Waals surface area contributed by atoms with E-state index in [0.717, 1.165) is 17.7 Å². The number of hydrogen-bond donors (Lipinski definition) is 1. The Balaban J connectivity index is 2.63. The predicted molar refractivity (Wildman–Crippen MR) is 66.0 cm³/mol. The molecule has 0 saturated heterocycles. The maximum Gasteiger partial charge on any atom is 0.416 e. The standard InChI is InChI=1S/C14H11F4N/c1-8-2-3-13(15)12(4-8)9-5-10(14(16,17)18)7-11(19)6-9/h2-7H,19H2,1H3. The summed E-state index contributed by atoms with van der Waals surface area (Å²) < 4.78 is 51.8. The molecule has 0 unspecified atom stereocenters. The van der Waals surface area contributed by atoms with Gasteiger partial charge < -0.3 is 5.73 Å². The van der Waals surface area contributed by atoms with Crippen LogP contribution in [-0.4, -0.2) is 0 Å². The number of rotatable bonds is 1. The molecule has 19 heavy (non-hydrogen) atoms. The number of alkyl halides is 3. The van der Waals surface area contributed by atoms with Gasteiger partial charge in [-0.2, -0.15) is 13.2 Å². The summed E-state index contributed by atoms with van der Waals surface area (Å²) in [4.78, 5) is 0. The van der Waals surface area contributed by atoms with Gasteiger partial charge in [0, 0.05) is 11.3 Å². The quantitative estimate of drug-likeness (QED) is 0.602. The molecular weight excluding hydrogens is 258 g/mol. The Labute approximate surface area is 107 Å². The topological polar surface area (TPSA) is 26.0 Å². The molecule has 2 N–H and O–H groups in total. The first-order valence-electron chi connectivity index (χ1n) is 5.51. The van der Waals surface area contributed by atoms with Gasteiger partial charge in [0.1, 0.15) is 5.82 Å². The van der Waals surface area contributed by atoms with Crippen LogP contribution in [0.2, 0.25) is 0 Å². The number of benzene rings is 2. The van der Waals surface area contributed by atoms with Crippen molar-refractivity contribution in [3.63, 3.8) is 0 Å². The second-order valence-corrected chi connectivity index (χ2v) is 4.32. The van der Waals surface area contributed by atoms with Crippen LogP contribution in [0.3, 0.4) is 0 Å². The summed E-state index contributed by atoms with van der Waals surface area (Å²) in [5.41, 5.74) is 5.51. The van der Waals surface area contributed by atoms with Crippen LogP contribution in [0.5, 0.6) is 0 Å². The zero-order chi connectivity index (χ0) is 14.2. The maximum atomic E-state index is 13.7. The van der Waals surface area contributed by atoms with Crippen LogP contribution in [-0.2, 0) is 6.18 Å². The van der Waals surface area contributed by atoms with E-state index < -0.39 is 17.6 Å². The molecule has 0 aliphatic rings. The van der Waals surface area contributed by atoms with E-state index in [1.54, 1.807) is 13.0 Å². The van der Waals surface area contributed by atoms with Crippen molar-refractivity contribution in [2.75, 3.05) is 5.73 Å². The number of halogens is 4. The Morgan fingerprint density at radius 2 is 1.68 bits per heavy atom. The Bertz CT molecular complexity index is 617. The van der Waals surface area contributed by atoms with Gasteiger partial charge in [0.05, 0.1) is 5.56 Å². The fourth-order valence-electron chi connectivity index (χ4n) is 1.83. The molecule has 0 amide bonds. The Morgan fingerprint density at radius 1 is 1.00 bits per heavy atom. The molecule has 0 spiro atoms. The lowest BCUT2D eigenvalue weighted by molar-refractivity contribution is -0.137. The number of hydrogen-bond acceptors (Lipinski definition) is 1. The Morgan fingerprint density at radius 3 is 2.32 bits per heavy atom. The molecule has 5 heteroatoms. The number of anilines is 1. The number of aryl methyl sites for hydroxylation is 1. The molecule has 0 heterocycles. The molecule has 0 aliphatic carbocycles. The zero-order valence-electron chi connectivity index (χ0n) is 10.1. The lowest BCUT2D eigenvalue weighted by atomic mass is 10.00. The maximum absolute atomic E-state index is 13.7. The second kappa shape index (κ2) is 4.57. The van der Waals surface area contributed by atoms with Gasteiger partial charge in [0.2, 0.25) is 0 Å².